The molecule has 78 valence electrons. The second-order valence-corrected chi connectivity index (χ2v) is 3.29. The maximum atomic E-state index is 7.99. The number of fused-ring (bicyclic) bond motifs is 1. The van der Waals surface area contributed by atoms with Gasteiger partial charge in [-0.2, -0.15) is 10.3 Å². The number of nitrogens with zero attached hydrogens (tertiary/aromatic N) is 4. The molecule has 2 aromatic heterocycles. The van der Waals surface area contributed by atoms with Crippen molar-refractivity contribution >= 4 is 11.2 Å². The van der Waals surface area contributed by atoms with Gasteiger partial charge >= 0.3 is 0 Å². The second-order valence-electron chi connectivity index (χ2n) is 3.29. The van der Waals surface area contributed by atoms with Crippen LogP contribution in [0.4, 0.5) is 0 Å². The molecule has 0 aliphatic carbocycles. The highest BCUT2D eigenvalue weighted by Crippen LogP contribution is 2.04. The molecule has 0 saturated carbocycles. The average molecular weight is 212 g/mol. The SMILES string of the molecule is N=c1c2n[nH]nc2ncn1-c1ccccc1. The van der Waals surface area contributed by atoms with Gasteiger partial charge in [-0.3, -0.25) is 9.98 Å². The summed E-state index contributed by atoms with van der Waals surface area (Å²) in [5.41, 5.74) is 2.07. The molecule has 0 spiro atoms. The van der Waals surface area contributed by atoms with Crippen molar-refractivity contribution in [3.63, 3.8) is 0 Å². The molecule has 2 N–H and O–H groups in total. The zero-order valence-corrected chi connectivity index (χ0v) is 8.25. The third kappa shape index (κ3) is 1.20. The van der Waals surface area contributed by atoms with E-state index in [4.69, 9.17) is 5.41 Å². The van der Waals surface area contributed by atoms with Gasteiger partial charge in [0.05, 0.1) is 0 Å². The smallest absolute Gasteiger partial charge is 0.206 e. The highest BCUT2D eigenvalue weighted by Gasteiger charge is 2.05. The Kier molecular flexibility index (Phi) is 1.79. The molecule has 6 heteroatoms. The molecule has 0 aliphatic rings. The molecule has 0 fully saturated rings. The van der Waals surface area contributed by atoms with Crippen molar-refractivity contribution in [2.24, 2.45) is 0 Å². The van der Waals surface area contributed by atoms with E-state index >= 15 is 0 Å². The number of aromatic nitrogens is 5. The van der Waals surface area contributed by atoms with Crippen LogP contribution in [0.15, 0.2) is 36.7 Å². The minimum absolute atomic E-state index is 0.268. The summed E-state index contributed by atoms with van der Waals surface area (Å²) in [4.78, 5) is 4.12. The number of rotatable bonds is 1. The molecule has 0 unspecified atom stereocenters. The summed E-state index contributed by atoms with van der Waals surface area (Å²) < 4.78 is 1.66. The van der Waals surface area contributed by atoms with Gasteiger partial charge in [-0.1, -0.05) is 18.2 Å². The summed E-state index contributed by atoms with van der Waals surface area (Å²) in [5, 5.41) is 18.2. The third-order valence-electron chi connectivity index (χ3n) is 2.32. The lowest BCUT2D eigenvalue weighted by atomic mass is 10.3. The number of aromatic amines is 1. The highest BCUT2D eigenvalue weighted by molar-refractivity contribution is 5.66. The van der Waals surface area contributed by atoms with E-state index in [1.165, 1.54) is 0 Å². The lowest BCUT2D eigenvalue weighted by Gasteiger charge is -2.04. The van der Waals surface area contributed by atoms with Gasteiger partial charge in [0.15, 0.2) is 11.0 Å². The molecular weight excluding hydrogens is 204 g/mol. The molecule has 3 aromatic rings. The van der Waals surface area contributed by atoms with Crippen LogP contribution in [0.1, 0.15) is 0 Å². The molecule has 1 aromatic carbocycles. The Hall–Kier alpha value is -2.50. The van der Waals surface area contributed by atoms with Crippen molar-refractivity contribution in [3.8, 4) is 5.69 Å². The van der Waals surface area contributed by atoms with E-state index in [2.05, 4.69) is 20.4 Å². The number of nitrogens with one attached hydrogen (secondary N) is 2. The molecule has 16 heavy (non-hydrogen) atoms. The maximum absolute atomic E-state index is 7.99. The predicted octanol–water partition coefficient (Wildman–Crippen LogP) is 0.623. The molecule has 2 heterocycles. The lowest BCUT2D eigenvalue weighted by Crippen LogP contribution is -2.19. The molecule has 0 aliphatic heterocycles. The predicted molar refractivity (Wildman–Crippen MR) is 56.9 cm³/mol. The van der Waals surface area contributed by atoms with Crippen molar-refractivity contribution < 1.29 is 0 Å². The van der Waals surface area contributed by atoms with Gasteiger partial charge in [0.2, 0.25) is 5.65 Å². The summed E-state index contributed by atoms with van der Waals surface area (Å²) in [6, 6.07) is 9.57. The first kappa shape index (κ1) is 8.78. The number of hydrogen-bond acceptors (Lipinski definition) is 4. The first-order valence-electron chi connectivity index (χ1n) is 4.74. The normalized spacial score (nSPS) is 10.8. The van der Waals surface area contributed by atoms with Crippen LogP contribution in [0.25, 0.3) is 16.9 Å². The van der Waals surface area contributed by atoms with E-state index in [-0.39, 0.29) is 5.49 Å². The summed E-state index contributed by atoms with van der Waals surface area (Å²) >= 11 is 0. The minimum Gasteiger partial charge on any atom is -0.284 e. The van der Waals surface area contributed by atoms with Crippen molar-refractivity contribution in [2.45, 2.75) is 0 Å². The van der Waals surface area contributed by atoms with Crippen molar-refractivity contribution in [2.75, 3.05) is 0 Å². The van der Waals surface area contributed by atoms with Crippen LogP contribution in [0.3, 0.4) is 0 Å². The molecule has 0 atom stereocenters. The Morgan fingerprint density at radius 2 is 1.94 bits per heavy atom. The van der Waals surface area contributed by atoms with Gasteiger partial charge in [-0.05, 0) is 12.1 Å². The van der Waals surface area contributed by atoms with Gasteiger partial charge in [0.25, 0.3) is 0 Å². The molecule has 0 bridgehead atoms. The summed E-state index contributed by atoms with van der Waals surface area (Å²) in [6.07, 6.45) is 1.57. The van der Waals surface area contributed by atoms with E-state index < -0.39 is 0 Å². The summed E-state index contributed by atoms with van der Waals surface area (Å²) in [5.74, 6) is 0. The fraction of sp³-hybridized carbons (Fsp3) is 0. The highest BCUT2D eigenvalue weighted by atomic mass is 15.3. The van der Waals surface area contributed by atoms with Crippen molar-refractivity contribution in [3.05, 3.63) is 42.1 Å². The second kappa shape index (κ2) is 3.27. The maximum Gasteiger partial charge on any atom is 0.206 e. The number of para-hydroxylation sites is 1. The standard InChI is InChI=1S/C10H8N6/c11-9-8-10(14-15-13-8)12-6-16(9)7-4-2-1-3-5-7/h1-6,11H,(H,13,14,15). The largest absolute Gasteiger partial charge is 0.284 e. The zero-order valence-electron chi connectivity index (χ0n) is 8.25. The van der Waals surface area contributed by atoms with Crippen LogP contribution >= 0.6 is 0 Å². The molecule has 0 radical (unpaired) electrons. The molecule has 3 rings (SSSR count). The Labute approximate surface area is 90.1 Å². The van der Waals surface area contributed by atoms with Gasteiger partial charge < -0.3 is 0 Å². The van der Waals surface area contributed by atoms with Crippen LogP contribution in [0.2, 0.25) is 0 Å². The van der Waals surface area contributed by atoms with Crippen LogP contribution in [-0.2, 0) is 0 Å². The Morgan fingerprint density at radius 1 is 1.12 bits per heavy atom. The van der Waals surface area contributed by atoms with Gasteiger partial charge in [-0.25, -0.2) is 4.98 Å². The molecular formula is C10H8N6. The van der Waals surface area contributed by atoms with E-state index in [0.717, 1.165) is 5.69 Å². The average Bonchev–Trinajstić information content (AvgIpc) is 2.80. The first-order chi connectivity index (χ1) is 7.86. The third-order valence-corrected chi connectivity index (χ3v) is 2.32. The van der Waals surface area contributed by atoms with Crippen LogP contribution in [0.5, 0.6) is 0 Å². The topological polar surface area (TPSA) is 83.2 Å². The lowest BCUT2D eigenvalue weighted by molar-refractivity contribution is 0.903. The number of H-pyrrole nitrogens is 1. The Bertz CT molecular complexity index is 681. The van der Waals surface area contributed by atoms with Gasteiger partial charge in [-0.15, -0.1) is 5.10 Å². The van der Waals surface area contributed by atoms with Gasteiger partial charge in [0.1, 0.15) is 6.33 Å². The van der Waals surface area contributed by atoms with E-state index in [0.29, 0.717) is 11.2 Å². The minimum atomic E-state index is 0.268. The van der Waals surface area contributed by atoms with Gasteiger partial charge in [0, 0.05) is 5.69 Å². The summed E-state index contributed by atoms with van der Waals surface area (Å²) in [7, 11) is 0. The van der Waals surface area contributed by atoms with E-state index in [1.807, 2.05) is 30.3 Å². The van der Waals surface area contributed by atoms with Crippen LogP contribution in [-0.4, -0.2) is 25.0 Å². The molecule has 0 saturated heterocycles. The van der Waals surface area contributed by atoms with Crippen molar-refractivity contribution in [1.82, 2.24) is 25.0 Å². The zero-order chi connectivity index (χ0) is 11.0. The fourth-order valence-electron chi connectivity index (χ4n) is 1.54. The van der Waals surface area contributed by atoms with E-state index in [1.54, 1.807) is 10.9 Å². The quantitative estimate of drug-likeness (QED) is 0.620. The number of hydrogen-bond donors (Lipinski definition) is 2. The Morgan fingerprint density at radius 3 is 2.75 bits per heavy atom. The molecule has 6 nitrogen and oxygen atoms in total. The fourth-order valence-corrected chi connectivity index (χ4v) is 1.54. The number of benzene rings is 1. The Balaban J connectivity index is 2.33. The van der Waals surface area contributed by atoms with Crippen LogP contribution < -0.4 is 5.49 Å². The van der Waals surface area contributed by atoms with E-state index in [9.17, 15) is 0 Å². The monoisotopic (exact) mass is 212 g/mol. The van der Waals surface area contributed by atoms with Crippen molar-refractivity contribution in [1.29, 1.82) is 5.41 Å². The first-order valence-corrected chi connectivity index (χ1v) is 4.74. The van der Waals surface area contributed by atoms with Crippen LogP contribution in [0, 0.1) is 5.41 Å². The molecule has 0 amide bonds. The summed E-state index contributed by atoms with van der Waals surface area (Å²) in [6.45, 7) is 0.